The summed E-state index contributed by atoms with van der Waals surface area (Å²) in [6, 6.07) is 0.705. The summed E-state index contributed by atoms with van der Waals surface area (Å²) in [5, 5.41) is 3.14. The molecule has 0 aromatic heterocycles. The van der Waals surface area contributed by atoms with Gasteiger partial charge in [0.1, 0.15) is 0 Å². The van der Waals surface area contributed by atoms with Crippen LogP contribution >= 0.6 is 24.8 Å². The highest BCUT2D eigenvalue weighted by Crippen LogP contribution is 2.21. The van der Waals surface area contributed by atoms with E-state index in [1.54, 1.807) is 7.11 Å². The molecule has 0 saturated carbocycles. The van der Waals surface area contributed by atoms with E-state index in [9.17, 15) is 4.79 Å². The number of nitrogens with zero attached hydrogens (tertiary/aromatic N) is 2. The number of rotatable bonds is 6. The first kappa shape index (κ1) is 21.9. The molecule has 2 fully saturated rings. The molecule has 22 heavy (non-hydrogen) atoms. The van der Waals surface area contributed by atoms with E-state index in [2.05, 4.69) is 10.2 Å². The molecule has 2 heterocycles. The van der Waals surface area contributed by atoms with Crippen LogP contribution in [0.4, 0.5) is 0 Å². The highest BCUT2D eigenvalue weighted by molar-refractivity contribution is 5.85. The molecule has 0 aliphatic carbocycles. The number of amides is 1. The summed E-state index contributed by atoms with van der Waals surface area (Å²) in [6.45, 7) is 6.21. The highest BCUT2D eigenvalue weighted by Gasteiger charge is 2.25. The summed E-state index contributed by atoms with van der Waals surface area (Å²) in [6.07, 6.45) is 6.24. The molecule has 5 nitrogen and oxygen atoms in total. The highest BCUT2D eigenvalue weighted by atomic mass is 35.5. The summed E-state index contributed by atoms with van der Waals surface area (Å²) in [5.74, 6) is 0.239. The second-order valence-corrected chi connectivity index (χ2v) is 5.88. The third kappa shape index (κ3) is 7.01. The van der Waals surface area contributed by atoms with Gasteiger partial charge in [0.2, 0.25) is 5.91 Å². The van der Waals surface area contributed by atoms with Crippen molar-refractivity contribution in [3.63, 3.8) is 0 Å². The third-order valence-electron chi connectivity index (χ3n) is 4.47. The summed E-state index contributed by atoms with van der Waals surface area (Å²) >= 11 is 0. The molecular formula is C15H31Cl2N3O2. The fourth-order valence-electron chi connectivity index (χ4n) is 3.28. The molecular weight excluding hydrogens is 325 g/mol. The van der Waals surface area contributed by atoms with Gasteiger partial charge in [0.05, 0.1) is 13.2 Å². The Bertz CT molecular complexity index is 303. The second-order valence-electron chi connectivity index (χ2n) is 5.88. The third-order valence-corrected chi connectivity index (χ3v) is 4.47. The van der Waals surface area contributed by atoms with Crippen molar-refractivity contribution < 1.29 is 9.53 Å². The zero-order chi connectivity index (χ0) is 14.2. The van der Waals surface area contributed by atoms with Gasteiger partial charge in [-0.2, -0.15) is 0 Å². The first-order valence-electron chi connectivity index (χ1n) is 8.02. The first-order valence-corrected chi connectivity index (χ1v) is 8.02. The molecule has 0 aromatic carbocycles. The van der Waals surface area contributed by atoms with Crippen LogP contribution in [0.5, 0.6) is 0 Å². The Morgan fingerprint density at radius 2 is 1.82 bits per heavy atom. The van der Waals surface area contributed by atoms with E-state index in [0.29, 0.717) is 19.2 Å². The average Bonchev–Trinajstić information content (AvgIpc) is 2.88. The van der Waals surface area contributed by atoms with Crippen molar-refractivity contribution >= 4 is 30.7 Å². The maximum atomic E-state index is 12.2. The minimum absolute atomic E-state index is 0. The molecule has 1 N–H and O–H groups in total. The number of nitrogens with one attached hydrogen (secondary N) is 1. The van der Waals surface area contributed by atoms with Crippen LogP contribution in [0, 0.1) is 0 Å². The molecule has 0 radical (unpaired) electrons. The molecule has 1 unspecified atom stereocenters. The predicted octanol–water partition coefficient (Wildman–Crippen LogP) is 1.54. The molecule has 2 rings (SSSR count). The topological polar surface area (TPSA) is 44.8 Å². The van der Waals surface area contributed by atoms with Gasteiger partial charge in [0, 0.05) is 32.8 Å². The average molecular weight is 356 g/mol. The van der Waals surface area contributed by atoms with E-state index >= 15 is 0 Å². The van der Waals surface area contributed by atoms with Gasteiger partial charge >= 0.3 is 0 Å². The molecule has 2 aliphatic rings. The number of ether oxygens (including phenoxy) is 1. The number of hydrogen-bond donors (Lipinski definition) is 1. The van der Waals surface area contributed by atoms with Crippen molar-refractivity contribution in [2.45, 2.75) is 38.1 Å². The number of likely N-dealkylation sites (tertiary alicyclic amines) is 2. The van der Waals surface area contributed by atoms with E-state index in [4.69, 9.17) is 4.74 Å². The number of hydrogen-bond acceptors (Lipinski definition) is 4. The van der Waals surface area contributed by atoms with Crippen molar-refractivity contribution in [2.75, 3.05) is 53.0 Å². The lowest BCUT2D eigenvalue weighted by atomic mass is 10.1. The first-order chi connectivity index (χ1) is 9.81. The molecule has 2 aliphatic heterocycles. The van der Waals surface area contributed by atoms with Crippen molar-refractivity contribution in [1.82, 2.24) is 15.1 Å². The lowest BCUT2D eigenvalue weighted by molar-refractivity contribution is -0.130. The standard InChI is InChI=1S/C15H29N3O2.2ClH/c1-20-12-7-16-13-15(19)18-10-4-5-14(6-11-18)17-8-2-3-9-17;;/h14,16H,2-13H2,1H3;2*1H. The number of carbonyl (C=O) groups is 1. The monoisotopic (exact) mass is 355 g/mol. The molecule has 7 heteroatoms. The van der Waals surface area contributed by atoms with Gasteiger partial charge in [-0.15, -0.1) is 24.8 Å². The van der Waals surface area contributed by atoms with Crippen LogP contribution in [0.2, 0.25) is 0 Å². The van der Waals surface area contributed by atoms with Crippen molar-refractivity contribution in [3.05, 3.63) is 0 Å². The predicted molar refractivity (Wildman–Crippen MR) is 94.3 cm³/mol. The summed E-state index contributed by atoms with van der Waals surface area (Å²) < 4.78 is 4.97. The van der Waals surface area contributed by atoms with Gasteiger partial charge < -0.3 is 19.9 Å². The number of halogens is 2. The van der Waals surface area contributed by atoms with Crippen molar-refractivity contribution in [3.8, 4) is 0 Å². The fourth-order valence-corrected chi connectivity index (χ4v) is 3.28. The Kier molecular flexibility index (Phi) is 12.3. The summed E-state index contributed by atoms with van der Waals surface area (Å²) in [4.78, 5) is 16.8. The Hall–Kier alpha value is -0.0700. The SMILES string of the molecule is COCCNCC(=O)N1CCCC(N2CCCC2)CC1.Cl.Cl. The van der Waals surface area contributed by atoms with Crippen LogP contribution in [0.25, 0.3) is 0 Å². The van der Waals surface area contributed by atoms with E-state index in [0.717, 1.165) is 32.5 Å². The largest absolute Gasteiger partial charge is 0.383 e. The van der Waals surface area contributed by atoms with Gasteiger partial charge in [0.25, 0.3) is 0 Å². The van der Waals surface area contributed by atoms with Crippen LogP contribution in [0.3, 0.4) is 0 Å². The van der Waals surface area contributed by atoms with Crippen molar-refractivity contribution in [1.29, 1.82) is 0 Å². The molecule has 0 spiro atoms. The normalized spacial score (nSPS) is 22.6. The Balaban J connectivity index is 0.00000220. The molecule has 1 atom stereocenters. The van der Waals surface area contributed by atoms with Gasteiger partial charge in [0.15, 0.2) is 0 Å². The van der Waals surface area contributed by atoms with Gasteiger partial charge in [-0.3, -0.25) is 4.79 Å². The van der Waals surface area contributed by atoms with Crippen LogP contribution in [-0.4, -0.2) is 74.7 Å². The van der Waals surface area contributed by atoms with E-state index in [-0.39, 0.29) is 30.7 Å². The summed E-state index contributed by atoms with van der Waals surface area (Å²) in [5.41, 5.74) is 0. The second kappa shape index (κ2) is 12.4. The number of carbonyl (C=O) groups excluding carboxylic acids is 1. The Morgan fingerprint density at radius 3 is 2.50 bits per heavy atom. The number of methoxy groups -OCH3 is 1. The lowest BCUT2D eigenvalue weighted by Crippen LogP contribution is -2.40. The Labute approximate surface area is 146 Å². The maximum absolute atomic E-state index is 12.2. The van der Waals surface area contributed by atoms with Gasteiger partial charge in [-0.05, 0) is 45.2 Å². The van der Waals surface area contributed by atoms with E-state index in [1.165, 1.54) is 32.4 Å². The van der Waals surface area contributed by atoms with Crippen LogP contribution < -0.4 is 5.32 Å². The lowest BCUT2D eigenvalue weighted by Gasteiger charge is -2.26. The fraction of sp³-hybridized carbons (Fsp3) is 0.933. The molecule has 1 amide bonds. The minimum atomic E-state index is 0. The van der Waals surface area contributed by atoms with Crippen LogP contribution in [0.1, 0.15) is 32.1 Å². The smallest absolute Gasteiger partial charge is 0.236 e. The molecule has 2 saturated heterocycles. The Morgan fingerprint density at radius 1 is 1.09 bits per heavy atom. The van der Waals surface area contributed by atoms with Crippen LogP contribution in [-0.2, 0) is 9.53 Å². The van der Waals surface area contributed by atoms with E-state index < -0.39 is 0 Å². The minimum Gasteiger partial charge on any atom is -0.383 e. The van der Waals surface area contributed by atoms with Gasteiger partial charge in [-0.1, -0.05) is 0 Å². The van der Waals surface area contributed by atoms with Gasteiger partial charge in [-0.25, -0.2) is 0 Å². The molecule has 0 aromatic rings. The maximum Gasteiger partial charge on any atom is 0.236 e. The van der Waals surface area contributed by atoms with Crippen LogP contribution in [0.15, 0.2) is 0 Å². The molecule has 0 bridgehead atoms. The zero-order valence-electron chi connectivity index (χ0n) is 13.6. The quantitative estimate of drug-likeness (QED) is 0.734. The molecule has 132 valence electrons. The van der Waals surface area contributed by atoms with E-state index in [1.807, 2.05) is 4.90 Å². The zero-order valence-corrected chi connectivity index (χ0v) is 15.2. The summed E-state index contributed by atoms with van der Waals surface area (Å²) in [7, 11) is 1.68. The van der Waals surface area contributed by atoms with Crippen molar-refractivity contribution in [2.24, 2.45) is 0 Å².